The highest BCUT2D eigenvalue weighted by Crippen LogP contribution is 2.34. The van der Waals surface area contributed by atoms with Crippen molar-refractivity contribution in [2.45, 2.75) is 26.9 Å². The maximum atomic E-state index is 13.6. The minimum absolute atomic E-state index is 0.251. The van der Waals surface area contributed by atoms with E-state index in [2.05, 4.69) is 37.0 Å². The van der Waals surface area contributed by atoms with E-state index >= 15 is 0 Å². The van der Waals surface area contributed by atoms with Gasteiger partial charge in [0.1, 0.15) is 5.58 Å². The molecule has 11 heteroatoms. The summed E-state index contributed by atoms with van der Waals surface area (Å²) < 4.78 is 25.5. The largest absolute Gasteiger partial charge is 0.490 e. The SMILES string of the molecule is CCOC(=O)[C@H](C)Oc1cc(Br)c(C=Nn2c(-c3cc4cc(Br)ccc4o3)nc3ccccc3c2=O)cc1OCC. The highest BCUT2D eigenvalue weighted by molar-refractivity contribution is 9.10. The Morgan fingerprint density at radius 3 is 2.66 bits per heavy atom. The van der Waals surface area contributed by atoms with Crippen molar-refractivity contribution >= 4 is 65.9 Å². The molecule has 0 aliphatic carbocycles. The third kappa shape index (κ3) is 6.06. The molecule has 0 unspecified atom stereocenters. The fraction of sp³-hybridized carbons (Fsp3) is 0.200. The van der Waals surface area contributed by atoms with Crippen LogP contribution in [0.25, 0.3) is 33.5 Å². The van der Waals surface area contributed by atoms with E-state index in [9.17, 15) is 9.59 Å². The third-order valence-electron chi connectivity index (χ3n) is 6.05. The first kappa shape index (κ1) is 28.6. The third-order valence-corrected chi connectivity index (χ3v) is 7.23. The van der Waals surface area contributed by atoms with Gasteiger partial charge in [0, 0.05) is 19.9 Å². The van der Waals surface area contributed by atoms with Gasteiger partial charge in [-0.2, -0.15) is 9.78 Å². The monoisotopic (exact) mass is 681 g/mol. The number of ether oxygens (including phenoxy) is 3. The number of hydrogen-bond donors (Lipinski definition) is 0. The normalized spacial score (nSPS) is 12.2. The van der Waals surface area contributed by atoms with Gasteiger partial charge in [-0.25, -0.2) is 9.78 Å². The van der Waals surface area contributed by atoms with Crippen molar-refractivity contribution in [1.29, 1.82) is 0 Å². The van der Waals surface area contributed by atoms with Gasteiger partial charge in [0.2, 0.25) is 5.82 Å². The molecule has 3 aromatic carbocycles. The van der Waals surface area contributed by atoms with Crippen LogP contribution in [-0.2, 0) is 9.53 Å². The Labute approximate surface area is 252 Å². The van der Waals surface area contributed by atoms with E-state index in [0.29, 0.717) is 50.4 Å². The number of rotatable bonds is 9. The molecule has 0 radical (unpaired) electrons. The zero-order valence-electron chi connectivity index (χ0n) is 22.4. The lowest BCUT2D eigenvalue weighted by molar-refractivity contribution is -0.150. The predicted molar refractivity (Wildman–Crippen MR) is 164 cm³/mol. The Bertz CT molecular complexity index is 1850. The van der Waals surface area contributed by atoms with Crippen LogP contribution in [0.15, 0.2) is 83.9 Å². The second kappa shape index (κ2) is 12.3. The molecule has 0 saturated carbocycles. The molecule has 0 amide bonds. The van der Waals surface area contributed by atoms with Crippen LogP contribution in [0.2, 0.25) is 0 Å². The minimum atomic E-state index is -0.838. The van der Waals surface area contributed by atoms with Gasteiger partial charge in [0.25, 0.3) is 5.56 Å². The van der Waals surface area contributed by atoms with Crippen molar-refractivity contribution in [3.63, 3.8) is 0 Å². The van der Waals surface area contributed by atoms with Crippen LogP contribution >= 0.6 is 31.9 Å². The van der Waals surface area contributed by atoms with Crippen LogP contribution in [0.5, 0.6) is 11.5 Å². The first-order chi connectivity index (χ1) is 19.8. The molecule has 1 atom stereocenters. The van der Waals surface area contributed by atoms with Crippen LogP contribution < -0.4 is 15.0 Å². The summed E-state index contributed by atoms with van der Waals surface area (Å²) >= 11 is 7.03. The lowest BCUT2D eigenvalue weighted by Gasteiger charge is -2.17. The van der Waals surface area contributed by atoms with Gasteiger partial charge in [0.05, 0.1) is 30.3 Å². The average Bonchev–Trinajstić information content (AvgIpc) is 3.37. The van der Waals surface area contributed by atoms with Gasteiger partial charge in [0.15, 0.2) is 23.4 Å². The molecule has 9 nitrogen and oxygen atoms in total. The van der Waals surface area contributed by atoms with Crippen LogP contribution in [0.4, 0.5) is 0 Å². The number of benzene rings is 3. The van der Waals surface area contributed by atoms with Crippen LogP contribution in [-0.4, -0.2) is 41.2 Å². The molecule has 0 bridgehead atoms. The van der Waals surface area contributed by atoms with Crippen LogP contribution in [0.1, 0.15) is 26.3 Å². The Morgan fingerprint density at radius 1 is 1.07 bits per heavy atom. The van der Waals surface area contributed by atoms with E-state index in [1.54, 1.807) is 44.2 Å². The van der Waals surface area contributed by atoms with E-state index in [0.717, 1.165) is 9.86 Å². The van der Waals surface area contributed by atoms with Crippen molar-refractivity contribution in [3.05, 3.63) is 85.5 Å². The summed E-state index contributed by atoms with van der Waals surface area (Å²) in [7, 11) is 0. The summed E-state index contributed by atoms with van der Waals surface area (Å²) in [6, 6.07) is 17.9. The molecule has 210 valence electrons. The second-order valence-electron chi connectivity index (χ2n) is 8.87. The molecule has 41 heavy (non-hydrogen) atoms. The lowest BCUT2D eigenvalue weighted by Crippen LogP contribution is -2.26. The zero-order valence-corrected chi connectivity index (χ0v) is 25.6. The predicted octanol–water partition coefficient (Wildman–Crippen LogP) is 6.95. The van der Waals surface area contributed by atoms with E-state index in [-0.39, 0.29) is 18.0 Å². The molecule has 5 rings (SSSR count). The Hall–Kier alpha value is -3.96. The molecule has 0 fully saturated rings. The number of hydrogen-bond acceptors (Lipinski definition) is 8. The highest BCUT2D eigenvalue weighted by atomic mass is 79.9. The van der Waals surface area contributed by atoms with Crippen molar-refractivity contribution in [2.24, 2.45) is 5.10 Å². The van der Waals surface area contributed by atoms with E-state index in [1.165, 1.54) is 10.9 Å². The van der Waals surface area contributed by atoms with Crippen molar-refractivity contribution < 1.29 is 23.4 Å². The summed E-state index contributed by atoms with van der Waals surface area (Å²) in [5, 5.41) is 5.81. The summed E-state index contributed by atoms with van der Waals surface area (Å²) in [5.74, 6) is 0.923. The van der Waals surface area contributed by atoms with E-state index in [4.69, 9.17) is 23.6 Å². The minimum Gasteiger partial charge on any atom is -0.490 e. The van der Waals surface area contributed by atoms with E-state index < -0.39 is 12.1 Å². The fourth-order valence-electron chi connectivity index (χ4n) is 4.14. The average molecular weight is 683 g/mol. The number of furan rings is 1. The molecule has 0 N–H and O–H groups in total. The summed E-state index contributed by atoms with van der Waals surface area (Å²) in [5.41, 5.74) is 1.42. The number of fused-ring (bicyclic) bond motifs is 2. The van der Waals surface area contributed by atoms with Gasteiger partial charge in [-0.1, -0.05) is 28.1 Å². The number of para-hydroxylation sites is 1. The molecule has 0 aliphatic rings. The van der Waals surface area contributed by atoms with Gasteiger partial charge < -0.3 is 18.6 Å². The van der Waals surface area contributed by atoms with Gasteiger partial charge in [-0.3, -0.25) is 4.79 Å². The Morgan fingerprint density at radius 2 is 1.88 bits per heavy atom. The number of esters is 1. The number of halogens is 2. The first-order valence-electron chi connectivity index (χ1n) is 12.8. The summed E-state index contributed by atoms with van der Waals surface area (Å²) in [4.78, 5) is 30.5. The number of aromatic nitrogens is 2. The van der Waals surface area contributed by atoms with Crippen molar-refractivity contribution in [2.75, 3.05) is 13.2 Å². The zero-order chi connectivity index (χ0) is 29.1. The number of nitrogens with zero attached hydrogens (tertiary/aromatic N) is 3. The van der Waals surface area contributed by atoms with Crippen LogP contribution in [0.3, 0.4) is 0 Å². The Kier molecular flexibility index (Phi) is 8.55. The molecule has 0 saturated heterocycles. The molecular formula is C30H25Br2N3O6. The maximum Gasteiger partial charge on any atom is 0.347 e. The van der Waals surface area contributed by atoms with Gasteiger partial charge in [-0.05, 0) is 85.2 Å². The Balaban J connectivity index is 1.59. The van der Waals surface area contributed by atoms with E-state index in [1.807, 2.05) is 37.3 Å². The van der Waals surface area contributed by atoms with Crippen molar-refractivity contribution in [1.82, 2.24) is 9.66 Å². The first-order valence-corrected chi connectivity index (χ1v) is 14.4. The summed E-state index contributed by atoms with van der Waals surface area (Å²) in [6.45, 7) is 5.79. The number of carbonyl (C=O) groups excluding carboxylic acids is 1. The molecule has 0 aliphatic heterocycles. The maximum absolute atomic E-state index is 13.6. The van der Waals surface area contributed by atoms with Crippen molar-refractivity contribution in [3.8, 4) is 23.1 Å². The van der Waals surface area contributed by atoms with Gasteiger partial charge in [-0.15, -0.1) is 0 Å². The summed E-state index contributed by atoms with van der Waals surface area (Å²) in [6.07, 6.45) is 0.681. The second-order valence-corrected chi connectivity index (χ2v) is 10.6. The molecule has 0 spiro atoms. The molecule has 5 aromatic rings. The van der Waals surface area contributed by atoms with Gasteiger partial charge >= 0.3 is 5.97 Å². The molecule has 2 aromatic heterocycles. The topological polar surface area (TPSA) is 105 Å². The smallest absolute Gasteiger partial charge is 0.347 e. The fourth-order valence-corrected chi connectivity index (χ4v) is 4.95. The molecule has 2 heterocycles. The molecular weight excluding hydrogens is 658 g/mol. The quantitative estimate of drug-likeness (QED) is 0.122. The highest BCUT2D eigenvalue weighted by Gasteiger charge is 2.20. The standard InChI is InChI=1S/C30H25Br2N3O6/c1-4-38-25-14-19(22(32)15-26(25)40-17(3)30(37)39-5-2)16-33-35-28(34-23-9-7-6-8-21(23)29(35)36)27-13-18-12-20(31)10-11-24(18)41-27/h6-17H,4-5H2,1-3H3/t17-/m0/s1. The lowest BCUT2D eigenvalue weighted by atomic mass is 10.2. The number of carbonyl (C=O) groups is 1. The van der Waals surface area contributed by atoms with Crippen LogP contribution in [0, 0.1) is 0 Å².